The summed E-state index contributed by atoms with van der Waals surface area (Å²) in [5.41, 5.74) is 3.77. The van der Waals surface area contributed by atoms with Crippen LogP contribution in [0.25, 0.3) is 16.7 Å². The molecule has 0 unspecified atom stereocenters. The molecule has 124 valence electrons. The highest BCUT2D eigenvalue weighted by Crippen LogP contribution is 2.29. The lowest BCUT2D eigenvalue weighted by Gasteiger charge is -2.08. The number of fused-ring (bicyclic) bond motifs is 1. The van der Waals surface area contributed by atoms with Gasteiger partial charge in [0.15, 0.2) is 5.65 Å². The van der Waals surface area contributed by atoms with Gasteiger partial charge in [-0.3, -0.25) is 0 Å². The maximum atomic E-state index is 6.14. The van der Waals surface area contributed by atoms with Crippen molar-refractivity contribution in [1.29, 1.82) is 0 Å². The van der Waals surface area contributed by atoms with Crippen LogP contribution in [0.3, 0.4) is 0 Å². The Morgan fingerprint density at radius 1 is 1.00 bits per heavy atom. The summed E-state index contributed by atoms with van der Waals surface area (Å²) < 4.78 is 7.67. The largest absolute Gasteiger partial charge is 0.438 e. The molecule has 0 saturated carbocycles. The van der Waals surface area contributed by atoms with E-state index in [1.54, 1.807) is 10.9 Å². The smallest absolute Gasteiger partial charge is 0.233 e. The monoisotopic (exact) mass is 350 g/mol. The molecular formula is C19H15ClN4O. The van der Waals surface area contributed by atoms with E-state index in [-0.39, 0.29) is 0 Å². The number of benzene rings is 2. The van der Waals surface area contributed by atoms with Gasteiger partial charge in [-0.2, -0.15) is 5.10 Å². The van der Waals surface area contributed by atoms with Crippen molar-refractivity contribution in [3.05, 3.63) is 71.1 Å². The van der Waals surface area contributed by atoms with Crippen molar-refractivity contribution < 1.29 is 4.74 Å². The van der Waals surface area contributed by atoms with Crippen LogP contribution in [0.15, 0.2) is 55.0 Å². The molecule has 4 rings (SSSR count). The van der Waals surface area contributed by atoms with Crippen LogP contribution in [0.5, 0.6) is 11.6 Å². The lowest BCUT2D eigenvalue weighted by Crippen LogP contribution is -2.00. The highest BCUT2D eigenvalue weighted by molar-refractivity contribution is 6.30. The van der Waals surface area contributed by atoms with Crippen LogP contribution in [0.1, 0.15) is 11.1 Å². The second-order valence-corrected chi connectivity index (χ2v) is 6.25. The van der Waals surface area contributed by atoms with Crippen molar-refractivity contribution in [1.82, 2.24) is 19.7 Å². The van der Waals surface area contributed by atoms with Gasteiger partial charge in [-0.25, -0.2) is 14.6 Å². The molecule has 25 heavy (non-hydrogen) atoms. The first-order chi connectivity index (χ1) is 12.1. The van der Waals surface area contributed by atoms with E-state index in [1.807, 2.05) is 56.3 Å². The molecule has 5 nitrogen and oxygen atoms in total. The fourth-order valence-corrected chi connectivity index (χ4v) is 2.78. The number of aromatic nitrogens is 4. The SMILES string of the molecule is Cc1ccc(Oc2ncnc3c2cnn3-c2cc(Cl)ccc2C)cc1. The Morgan fingerprint density at radius 2 is 1.80 bits per heavy atom. The quantitative estimate of drug-likeness (QED) is 0.528. The van der Waals surface area contributed by atoms with Crippen molar-refractivity contribution in [2.24, 2.45) is 0 Å². The number of rotatable bonds is 3. The standard InChI is InChI=1S/C19H15ClN4O/c1-12-3-7-15(8-4-12)25-19-16-10-23-24(18(16)21-11-22-19)17-9-14(20)6-5-13(17)2/h3-11H,1-2H3. The summed E-state index contributed by atoms with van der Waals surface area (Å²) in [5.74, 6) is 1.19. The normalized spacial score (nSPS) is 11.0. The van der Waals surface area contributed by atoms with Crippen LogP contribution in [0, 0.1) is 13.8 Å². The Hall–Kier alpha value is -2.92. The molecule has 4 aromatic rings. The van der Waals surface area contributed by atoms with Gasteiger partial charge < -0.3 is 4.74 Å². The first-order valence-corrected chi connectivity index (χ1v) is 8.19. The third kappa shape index (κ3) is 2.94. The molecule has 0 saturated heterocycles. The van der Waals surface area contributed by atoms with Crippen LogP contribution in [-0.2, 0) is 0 Å². The van der Waals surface area contributed by atoms with Gasteiger partial charge in [-0.15, -0.1) is 0 Å². The third-order valence-electron chi connectivity index (χ3n) is 3.96. The van der Waals surface area contributed by atoms with Gasteiger partial charge in [0.25, 0.3) is 0 Å². The van der Waals surface area contributed by atoms with Gasteiger partial charge in [0.05, 0.1) is 11.9 Å². The molecule has 2 aromatic carbocycles. The molecule has 0 aliphatic heterocycles. The maximum Gasteiger partial charge on any atom is 0.233 e. The number of nitrogens with zero attached hydrogens (tertiary/aromatic N) is 4. The van der Waals surface area contributed by atoms with Crippen molar-refractivity contribution in [3.8, 4) is 17.3 Å². The molecule has 0 radical (unpaired) electrons. The van der Waals surface area contributed by atoms with E-state index in [4.69, 9.17) is 16.3 Å². The summed E-state index contributed by atoms with van der Waals surface area (Å²) in [6.07, 6.45) is 3.18. The second-order valence-electron chi connectivity index (χ2n) is 5.82. The molecule has 0 aliphatic carbocycles. The fourth-order valence-electron chi connectivity index (χ4n) is 2.61. The number of ether oxygens (including phenoxy) is 1. The Balaban J connectivity index is 1.80. The molecule has 6 heteroatoms. The van der Waals surface area contributed by atoms with Crippen LogP contribution in [0.4, 0.5) is 0 Å². The Kier molecular flexibility index (Phi) is 3.86. The summed E-state index contributed by atoms with van der Waals surface area (Å²) in [7, 11) is 0. The summed E-state index contributed by atoms with van der Waals surface area (Å²) >= 11 is 6.14. The predicted octanol–water partition coefficient (Wildman–Crippen LogP) is 4.88. The minimum Gasteiger partial charge on any atom is -0.438 e. The van der Waals surface area contributed by atoms with Crippen LogP contribution >= 0.6 is 11.6 Å². The Morgan fingerprint density at radius 3 is 2.60 bits per heavy atom. The second kappa shape index (κ2) is 6.18. The number of halogens is 1. The van der Waals surface area contributed by atoms with E-state index < -0.39 is 0 Å². The van der Waals surface area contributed by atoms with Gasteiger partial charge in [-0.05, 0) is 43.7 Å². The van der Waals surface area contributed by atoms with E-state index >= 15 is 0 Å². The number of hydrogen-bond donors (Lipinski definition) is 0. The molecule has 0 bridgehead atoms. The highest BCUT2D eigenvalue weighted by Gasteiger charge is 2.14. The number of aryl methyl sites for hydroxylation is 2. The molecule has 0 amide bonds. The summed E-state index contributed by atoms with van der Waals surface area (Å²) in [4.78, 5) is 8.63. The minimum absolute atomic E-state index is 0.472. The highest BCUT2D eigenvalue weighted by atomic mass is 35.5. The van der Waals surface area contributed by atoms with Crippen molar-refractivity contribution >= 4 is 22.6 Å². The van der Waals surface area contributed by atoms with E-state index in [0.29, 0.717) is 16.5 Å². The lowest BCUT2D eigenvalue weighted by molar-refractivity contribution is 0.468. The minimum atomic E-state index is 0.472. The average molecular weight is 351 g/mol. The Labute approximate surface area is 149 Å². The zero-order chi connectivity index (χ0) is 17.4. The zero-order valence-electron chi connectivity index (χ0n) is 13.8. The van der Waals surface area contributed by atoms with Gasteiger partial charge in [0, 0.05) is 5.02 Å². The van der Waals surface area contributed by atoms with Gasteiger partial charge >= 0.3 is 0 Å². The molecule has 2 heterocycles. The summed E-state index contributed by atoms with van der Waals surface area (Å²) in [6, 6.07) is 13.5. The third-order valence-corrected chi connectivity index (χ3v) is 4.20. The summed E-state index contributed by atoms with van der Waals surface area (Å²) in [5, 5.41) is 5.85. The first-order valence-electron chi connectivity index (χ1n) is 7.81. The fraction of sp³-hybridized carbons (Fsp3) is 0.105. The molecule has 0 aliphatic rings. The van der Waals surface area contributed by atoms with E-state index in [2.05, 4.69) is 15.1 Å². The lowest BCUT2D eigenvalue weighted by atomic mass is 10.2. The average Bonchev–Trinajstić information content (AvgIpc) is 3.04. The van der Waals surface area contributed by atoms with Crippen molar-refractivity contribution in [2.45, 2.75) is 13.8 Å². The summed E-state index contributed by atoms with van der Waals surface area (Å²) in [6.45, 7) is 4.04. The number of hydrogen-bond acceptors (Lipinski definition) is 4. The molecule has 0 spiro atoms. The molecule has 0 atom stereocenters. The first kappa shape index (κ1) is 15.6. The molecule has 0 fully saturated rings. The van der Waals surface area contributed by atoms with Gasteiger partial charge in [0.1, 0.15) is 17.5 Å². The predicted molar refractivity (Wildman–Crippen MR) is 97.7 cm³/mol. The molecule has 2 aromatic heterocycles. The van der Waals surface area contributed by atoms with Gasteiger partial charge in [-0.1, -0.05) is 35.4 Å². The topological polar surface area (TPSA) is 52.8 Å². The molecular weight excluding hydrogens is 336 g/mol. The van der Waals surface area contributed by atoms with Crippen molar-refractivity contribution in [2.75, 3.05) is 0 Å². The van der Waals surface area contributed by atoms with E-state index in [9.17, 15) is 0 Å². The molecule has 0 N–H and O–H groups in total. The Bertz CT molecular complexity index is 1060. The van der Waals surface area contributed by atoms with Crippen molar-refractivity contribution in [3.63, 3.8) is 0 Å². The van der Waals surface area contributed by atoms with Crippen LogP contribution < -0.4 is 4.74 Å². The van der Waals surface area contributed by atoms with E-state index in [1.165, 1.54) is 11.9 Å². The van der Waals surface area contributed by atoms with Gasteiger partial charge in [0.2, 0.25) is 5.88 Å². The van der Waals surface area contributed by atoms with Crippen LogP contribution in [0.2, 0.25) is 5.02 Å². The van der Waals surface area contributed by atoms with Crippen LogP contribution in [-0.4, -0.2) is 19.7 Å². The van der Waals surface area contributed by atoms with E-state index in [0.717, 1.165) is 22.4 Å². The zero-order valence-corrected chi connectivity index (χ0v) is 14.5. The maximum absolute atomic E-state index is 6.14.